The largest absolute Gasteiger partial charge is 0.493 e. The molecule has 1 saturated heterocycles. The first-order valence-corrected chi connectivity index (χ1v) is 7.96. The minimum absolute atomic E-state index is 0.435. The van der Waals surface area contributed by atoms with Gasteiger partial charge >= 0.3 is 0 Å². The lowest BCUT2D eigenvalue weighted by atomic mass is 9.95. The zero-order chi connectivity index (χ0) is 13.8. The van der Waals surface area contributed by atoms with Crippen molar-refractivity contribution in [3.05, 3.63) is 29.8 Å². The van der Waals surface area contributed by atoms with Crippen LogP contribution in [0.4, 0.5) is 0 Å². The van der Waals surface area contributed by atoms with Crippen LogP contribution in [-0.2, 0) is 4.74 Å². The Morgan fingerprint density at radius 2 is 2.10 bits per heavy atom. The van der Waals surface area contributed by atoms with Gasteiger partial charge in [-0.1, -0.05) is 31.5 Å². The van der Waals surface area contributed by atoms with Gasteiger partial charge in [0.15, 0.2) is 0 Å². The molecule has 1 aromatic carbocycles. The Kier molecular flexibility index (Phi) is 4.58. The van der Waals surface area contributed by atoms with E-state index in [9.17, 15) is 0 Å². The van der Waals surface area contributed by atoms with Crippen molar-refractivity contribution in [3.8, 4) is 5.75 Å². The molecule has 2 heterocycles. The van der Waals surface area contributed by atoms with Crippen molar-refractivity contribution < 1.29 is 9.47 Å². The van der Waals surface area contributed by atoms with Gasteiger partial charge in [-0.2, -0.15) is 0 Å². The molecular weight excluding hydrogens is 250 g/mol. The van der Waals surface area contributed by atoms with Crippen molar-refractivity contribution in [1.29, 1.82) is 0 Å². The predicted molar refractivity (Wildman–Crippen MR) is 80.1 cm³/mol. The molecule has 2 aliphatic heterocycles. The monoisotopic (exact) mass is 275 g/mol. The molecule has 1 N–H and O–H groups in total. The maximum Gasteiger partial charge on any atom is 0.124 e. The Balaban J connectivity index is 1.63. The number of rotatable bonds is 4. The second kappa shape index (κ2) is 6.59. The molecule has 0 radical (unpaired) electrons. The van der Waals surface area contributed by atoms with Crippen LogP contribution in [-0.4, -0.2) is 25.4 Å². The number of hydrogen-bond acceptors (Lipinski definition) is 3. The fraction of sp³-hybridized carbons (Fsp3) is 0.647. The molecule has 0 amide bonds. The lowest BCUT2D eigenvalue weighted by Gasteiger charge is -2.35. The van der Waals surface area contributed by atoms with Gasteiger partial charge in [0.2, 0.25) is 0 Å². The van der Waals surface area contributed by atoms with E-state index in [1.165, 1.54) is 18.4 Å². The van der Waals surface area contributed by atoms with Crippen LogP contribution in [0.3, 0.4) is 0 Å². The number of hydrogen-bond donors (Lipinski definition) is 1. The zero-order valence-electron chi connectivity index (χ0n) is 12.3. The van der Waals surface area contributed by atoms with E-state index >= 15 is 0 Å². The molecule has 0 spiro atoms. The summed E-state index contributed by atoms with van der Waals surface area (Å²) >= 11 is 0. The van der Waals surface area contributed by atoms with Crippen molar-refractivity contribution in [2.75, 3.05) is 13.2 Å². The third kappa shape index (κ3) is 3.15. The average Bonchev–Trinajstić information content (AvgIpc) is 2.48. The molecule has 0 aromatic heterocycles. The Morgan fingerprint density at radius 1 is 1.20 bits per heavy atom. The van der Waals surface area contributed by atoms with E-state index in [1.54, 1.807) is 0 Å². The highest BCUT2D eigenvalue weighted by molar-refractivity contribution is 5.37. The molecule has 1 fully saturated rings. The molecule has 20 heavy (non-hydrogen) atoms. The maximum atomic E-state index is 5.84. The quantitative estimate of drug-likeness (QED) is 0.913. The third-order valence-electron chi connectivity index (χ3n) is 4.37. The van der Waals surface area contributed by atoms with Crippen molar-refractivity contribution in [3.63, 3.8) is 0 Å². The number of ether oxygens (including phenoxy) is 2. The Labute approximate surface area is 121 Å². The molecule has 0 saturated carbocycles. The molecule has 0 bridgehead atoms. The van der Waals surface area contributed by atoms with Crippen LogP contribution in [0.15, 0.2) is 24.3 Å². The van der Waals surface area contributed by atoms with E-state index < -0.39 is 0 Å². The van der Waals surface area contributed by atoms with E-state index in [4.69, 9.17) is 9.47 Å². The van der Waals surface area contributed by atoms with Gasteiger partial charge in [0.1, 0.15) is 5.75 Å². The van der Waals surface area contributed by atoms with Gasteiger partial charge in [-0.3, -0.25) is 0 Å². The van der Waals surface area contributed by atoms with Crippen molar-refractivity contribution in [2.45, 2.75) is 57.2 Å². The summed E-state index contributed by atoms with van der Waals surface area (Å²) in [5, 5.41) is 3.84. The minimum Gasteiger partial charge on any atom is -0.493 e. The fourth-order valence-corrected chi connectivity index (χ4v) is 3.35. The summed E-state index contributed by atoms with van der Waals surface area (Å²) in [5.41, 5.74) is 1.32. The number of fused-ring (bicyclic) bond motifs is 1. The van der Waals surface area contributed by atoms with Crippen molar-refractivity contribution in [2.24, 2.45) is 0 Å². The molecular formula is C17H25NO2. The van der Waals surface area contributed by atoms with Crippen LogP contribution < -0.4 is 10.1 Å². The molecule has 110 valence electrons. The lowest BCUT2D eigenvalue weighted by Crippen LogP contribution is -2.42. The predicted octanol–water partition coefficient (Wildman–Crippen LogP) is 3.45. The third-order valence-corrected chi connectivity index (χ3v) is 4.37. The normalized spacial score (nSPS) is 29.6. The minimum atomic E-state index is 0.435. The Bertz CT molecular complexity index is 433. The van der Waals surface area contributed by atoms with Crippen LogP contribution >= 0.6 is 0 Å². The Hall–Kier alpha value is -1.06. The summed E-state index contributed by atoms with van der Waals surface area (Å²) in [5.74, 6) is 1.05. The van der Waals surface area contributed by atoms with Crippen LogP contribution in [0.5, 0.6) is 5.75 Å². The second-order valence-electron chi connectivity index (χ2n) is 5.90. The second-order valence-corrected chi connectivity index (χ2v) is 5.90. The molecule has 3 unspecified atom stereocenters. The summed E-state index contributed by atoms with van der Waals surface area (Å²) in [6.07, 6.45) is 6.17. The summed E-state index contributed by atoms with van der Waals surface area (Å²) < 4.78 is 11.6. The summed E-state index contributed by atoms with van der Waals surface area (Å²) in [6.45, 7) is 3.94. The number of nitrogens with one attached hydrogen (secondary N) is 1. The first kappa shape index (κ1) is 13.9. The fourth-order valence-electron chi connectivity index (χ4n) is 3.35. The van der Waals surface area contributed by atoms with Crippen LogP contribution in [0, 0.1) is 0 Å². The van der Waals surface area contributed by atoms with Crippen LogP contribution in [0.2, 0.25) is 0 Å². The molecule has 2 aliphatic rings. The van der Waals surface area contributed by atoms with Gasteiger partial charge < -0.3 is 14.8 Å². The molecule has 3 heteroatoms. The maximum absolute atomic E-state index is 5.84. The van der Waals surface area contributed by atoms with Gasteiger partial charge in [-0.05, 0) is 25.3 Å². The highest BCUT2D eigenvalue weighted by Crippen LogP contribution is 2.33. The molecule has 3 atom stereocenters. The lowest BCUT2D eigenvalue weighted by molar-refractivity contribution is -0.00586. The first-order valence-electron chi connectivity index (χ1n) is 7.96. The first-order chi connectivity index (χ1) is 9.86. The molecule has 0 aliphatic carbocycles. The van der Waals surface area contributed by atoms with Gasteiger partial charge in [-0.25, -0.2) is 0 Å². The van der Waals surface area contributed by atoms with Crippen LogP contribution in [0.1, 0.15) is 50.6 Å². The standard InChI is InChI=1S/C17H25NO2/c1-2-5-14-12-13(8-10-19-14)18-16-9-11-20-17-7-4-3-6-15(16)17/h3-4,6-7,13-14,16,18H,2,5,8-12H2,1H3. The topological polar surface area (TPSA) is 30.5 Å². The summed E-state index contributed by atoms with van der Waals surface area (Å²) in [7, 11) is 0. The highest BCUT2D eigenvalue weighted by Gasteiger charge is 2.27. The van der Waals surface area contributed by atoms with Crippen molar-refractivity contribution in [1.82, 2.24) is 5.32 Å². The SMILES string of the molecule is CCCC1CC(NC2CCOc3ccccc32)CCO1. The van der Waals surface area contributed by atoms with E-state index in [2.05, 4.69) is 30.4 Å². The Morgan fingerprint density at radius 3 is 3.00 bits per heavy atom. The molecule has 3 nitrogen and oxygen atoms in total. The van der Waals surface area contributed by atoms with Crippen LogP contribution in [0.25, 0.3) is 0 Å². The van der Waals surface area contributed by atoms with Gasteiger partial charge in [-0.15, -0.1) is 0 Å². The average molecular weight is 275 g/mol. The summed E-state index contributed by atoms with van der Waals surface area (Å²) in [4.78, 5) is 0. The van der Waals surface area contributed by atoms with E-state index in [0.717, 1.165) is 38.2 Å². The van der Waals surface area contributed by atoms with Gasteiger partial charge in [0, 0.05) is 30.7 Å². The van der Waals surface area contributed by atoms with Crippen molar-refractivity contribution >= 4 is 0 Å². The highest BCUT2D eigenvalue weighted by atomic mass is 16.5. The molecule has 3 rings (SSSR count). The van der Waals surface area contributed by atoms with Gasteiger partial charge in [0.05, 0.1) is 12.7 Å². The zero-order valence-corrected chi connectivity index (χ0v) is 12.3. The van der Waals surface area contributed by atoms with Gasteiger partial charge in [0.25, 0.3) is 0 Å². The smallest absolute Gasteiger partial charge is 0.124 e. The van der Waals surface area contributed by atoms with E-state index in [1.807, 2.05) is 6.07 Å². The van der Waals surface area contributed by atoms with E-state index in [-0.39, 0.29) is 0 Å². The number of benzene rings is 1. The molecule has 1 aromatic rings. The summed E-state index contributed by atoms with van der Waals surface area (Å²) in [6, 6.07) is 9.43. The number of para-hydroxylation sites is 1. The van der Waals surface area contributed by atoms with E-state index in [0.29, 0.717) is 18.2 Å².